The van der Waals surface area contributed by atoms with Crippen molar-refractivity contribution < 1.29 is 19.4 Å². The molecule has 146 valence electrons. The van der Waals surface area contributed by atoms with Gasteiger partial charge in [0.05, 0.1) is 6.61 Å². The number of benzene rings is 1. The highest BCUT2D eigenvalue weighted by Gasteiger charge is 2.19. The summed E-state index contributed by atoms with van der Waals surface area (Å²) in [5, 5.41) is 9.83. The molecule has 1 aliphatic rings. The van der Waals surface area contributed by atoms with Crippen molar-refractivity contribution in [1.29, 1.82) is 0 Å². The second-order valence-corrected chi connectivity index (χ2v) is 8.06. The van der Waals surface area contributed by atoms with E-state index in [0.29, 0.717) is 28.0 Å². The van der Waals surface area contributed by atoms with Crippen LogP contribution in [0.1, 0.15) is 33.0 Å². The summed E-state index contributed by atoms with van der Waals surface area (Å²) >= 11 is 13.1. The van der Waals surface area contributed by atoms with E-state index in [4.69, 9.17) is 33.0 Å². The van der Waals surface area contributed by atoms with Crippen LogP contribution in [0.4, 0.5) is 0 Å². The number of hydrogen-bond donors (Lipinski definition) is 1. The van der Waals surface area contributed by atoms with Crippen LogP contribution in [0.25, 0.3) is 0 Å². The molecule has 0 saturated carbocycles. The Labute approximate surface area is 172 Å². The predicted octanol–water partition coefficient (Wildman–Crippen LogP) is 4.75. The normalized spacial score (nSPS) is 13.4. The minimum absolute atomic E-state index is 0.258. The number of carboxylic acid groups (broad SMARTS) is 1. The van der Waals surface area contributed by atoms with E-state index >= 15 is 0 Å². The second kappa shape index (κ2) is 10.7. The van der Waals surface area contributed by atoms with Crippen LogP contribution in [0.5, 0.6) is 0 Å². The van der Waals surface area contributed by atoms with Crippen molar-refractivity contribution in [3.8, 4) is 0 Å². The number of aromatic carboxylic acids is 1. The van der Waals surface area contributed by atoms with E-state index in [-0.39, 0.29) is 5.91 Å². The monoisotopic (exact) mass is 429 g/mol. The van der Waals surface area contributed by atoms with Gasteiger partial charge in [-0.25, -0.2) is 4.79 Å². The van der Waals surface area contributed by atoms with Crippen LogP contribution >= 0.6 is 34.5 Å². The molecular weight excluding hydrogens is 409 g/mol. The van der Waals surface area contributed by atoms with Gasteiger partial charge in [0.25, 0.3) is 0 Å². The van der Waals surface area contributed by atoms with E-state index in [1.54, 1.807) is 25.3 Å². The molecule has 3 rings (SSSR count). The summed E-state index contributed by atoms with van der Waals surface area (Å²) in [5.74, 6) is -0.620. The van der Waals surface area contributed by atoms with Gasteiger partial charge in [0.15, 0.2) is 0 Å². The molecule has 5 nitrogen and oxygen atoms in total. The van der Waals surface area contributed by atoms with Crippen LogP contribution in [0, 0.1) is 0 Å². The van der Waals surface area contributed by atoms with Crippen molar-refractivity contribution in [3.63, 3.8) is 0 Å². The van der Waals surface area contributed by atoms with Crippen molar-refractivity contribution in [1.82, 2.24) is 4.90 Å². The van der Waals surface area contributed by atoms with Gasteiger partial charge in [-0.3, -0.25) is 4.79 Å². The molecule has 1 fully saturated rings. The van der Waals surface area contributed by atoms with Crippen LogP contribution < -0.4 is 0 Å². The number of carboxylic acids is 1. The summed E-state index contributed by atoms with van der Waals surface area (Å²) in [4.78, 5) is 25.0. The molecule has 8 heteroatoms. The van der Waals surface area contributed by atoms with Gasteiger partial charge in [-0.15, -0.1) is 11.3 Å². The first-order chi connectivity index (χ1) is 12.9. The van der Waals surface area contributed by atoms with Crippen LogP contribution in [0.2, 0.25) is 10.0 Å². The SMILES string of the molecule is COCc1ccc(C(=O)O)s1.O=C1CCCN1CCc1cc(Cl)cc(Cl)c1. The van der Waals surface area contributed by atoms with E-state index < -0.39 is 5.97 Å². The summed E-state index contributed by atoms with van der Waals surface area (Å²) in [5.41, 5.74) is 1.08. The number of carbonyl (C=O) groups is 2. The number of halogens is 2. The molecule has 0 spiro atoms. The molecule has 1 aliphatic heterocycles. The topological polar surface area (TPSA) is 66.8 Å². The zero-order valence-electron chi connectivity index (χ0n) is 14.9. The van der Waals surface area contributed by atoms with E-state index in [9.17, 15) is 9.59 Å². The van der Waals surface area contributed by atoms with E-state index in [1.807, 2.05) is 17.0 Å². The van der Waals surface area contributed by atoms with E-state index in [0.717, 1.165) is 36.4 Å². The highest BCUT2D eigenvalue weighted by Crippen LogP contribution is 2.20. The van der Waals surface area contributed by atoms with E-state index in [2.05, 4.69) is 0 Å². The fourth-order valence-electron chi connectivity index (χ4n) is 2.67. The number of likely N-dealkylation sites (tertiary alicyclic amines) is 1. The molecule has 0 atom stereocenters. The first kappa shape index (κ1) is 21.7. The summed E-state index contributed by atoms with van der Waals surface area (Å²) in [6.45, 7) is 2.13. The first-order valence-corrected chi connectivity index (χ1v) is 10.00. The van der Waals surface area contributed by atoms with Crippen LogP contribution in [-0.4, -0.2) is 42.1 Å². The molecule has 1 amide bonds. The van der Waals surface area contributed by atoms with E-state index in [1.165, 1.54) is 11.3 Å². The molecule has 27 heavy (non-hydrogen) atoms. The zero-order valence-corrected chi connectivity index (χ0v) is 17.2. The third-order valence-corrected chi connectivity index (χ3v) is 5.41. The molecule has 0 radical (unpaired) electrons. The van der Waals surface area contributed by atoms with Gasteiger partial charge in [-0.2, -0.15) is 0 Å². The number of carbonyl (C=O) groups excluding carboxylic acids is 1. The van der Waals surface area contributed by atoms with Crippen molar-refractivity contribution in [2.24, 2.45) is 0 Å². The molecule has 2 aromatic rings. The number of rotatable bonds is 6. The predicted molar refractivity (Wildman–Crippen MR) is 108 cm³/mol. The molecular formula is C19H21Cl2NO4S. The van der Waals surface area contributed by atoms with Crippen molar-refractivity contribution in [2.75, 3.05) is 20.2 Å². The van der Waals surface area contributed by atoms with Gasteiger partial charge >= 0.3 is 5.97 Å². The van der Waals surface area contributed by atoms with Crippen LogP contribution in [0.3, 0.4) is 0 Å². The maximum atomic E-state index is 11.4. The molecule has 1 aromatic heterocycles. The largest absolute Gasteiger partial charge is 0.477 e. The van der Waals surface area contributed by atoms with Gasteiger partial charge < -0.3 is 14.7 Å². The first-order valence-electron chi connectivity index (χ1n) is 8.42. The number of amides is 1. The average Bonchev–Trinajstić information content (AvgIpc) is 3.22. The Hall–Kier alpha value is -1.60. The minimum atomic E-state index is -0.877. The summed E-state index contributed by atoms with van der Waals surface area (Å²) in [6.07, 6.45) is 2.48. The number of methoxy groups -OCH3 is 1. The number of hydrogen-bond acceptors (Lipinski definition) is 4. The average molecular weight is 430 g/mol. The van der Waals surface area contributed by atoms with Gasteiger partial charge in [-0.05, 0) is 48.7 Å². The highest BCUT2D eigenvalue weighted by atomic mass is 35.5. The summed E-state index contributed by atoms with van der Waals surface area (Å²) < 4.78 is 4.84. The molecule has 1 N–H and O–H groups in total. The number of ether oxygens (including phenoxy) is 1. The Bertz CT molecular complexity index is 774. The molecule has 1 aromatic carbocycles. The standard InChI is InChI=1S/C12H13Cl2NO.C7H8O3S/c13-10-6-9(7-11(14)8-10)3-5-15-4-1-2-12(15)16;1-10-4-5-2-3-6(11-5)7(8)9/h6-8H,1-5H2;2-3H,4H2,1H3,(H,8,9). The molecule has 0 aliphatic carbocycles. The third kappa shape index (κ3) is 7.14. The van der Waals surface area contributed by atoms with Crippen LogP contribution in [0.15, 0.2) is 30.3 Å². The Morgan fingerprint density at radius 2 is 1.96 bits per heavy atom. The Balaban J connectivity index is 0.000000208. The molecule has 0 unspecified atom stereocenters. The van der Waals surface area contributed by atoms with Gasteiger partial charge in [-0.1, -0.05) is 23.2 Å². The smallest absolute Gasteiger partial charge is 0.345 e. The lowest BCUT2D eigenvalue weighted by Gasteiger charge is -2.15. The van der Waals surface area contributed by atoms with Crippen molar-refractivity contribution in [2.45, 2.75) is 25.9 Å². The Kier molecular flexibility index (Phi) is 8.57. The van der Waals surface area contributed by atoms with Crippen molar-refractivity contribution >= 4 is 46.4 Å². The fraction of sp³-hybridized carbons (Fsp3) is 0.368. The zero-order chi connectivity index (χ0) is 19.8. The van der Waals surface area contributed by atoms with Gasteiger partial charge in [0.2, 0.25) is 5.91 Å². The second-order valence-electron chi connectivity index (χ2n) is 6.02. The van der Waals surface area contributed by atoms with Crippen molar-refractivity contribution in [3.05, 3.63) is 55.7 Å². The fourth-order valence-corrected chi connectivity index (χ4v) is 4.06. The Morgan fingerprint density at radius 1 is 1.26 bits per heavy atom. The maximum Gasteiger partial charge on any atom is 0.345 e. The van der Waals surface area contributed by atoms with Gasteiger partial charge in [0, 0.05) is 41.5 Å². The number of thiophene rings is 1. The minimum Gasteiger partial charge on any atom is -0.477 e. The quantitative estimate of drug-likeness (QED) is 0.718. The lowest BCUT2D eigenvalue weighted by Crippen LogP contribution is -2.26. The molecule has 0 bridgehead atoms. The van der Waals surface area contributed by atoms with Gasteiger partial charge in [0.1, 0.15) is 4.88 Å². The number of nitrogens with zero attached hydrogens (tertiary/aromatic N) is 1. The lowest BCUT2D eigenvalue weighted by atomic mass is 10.1. The lowest BCUT2D eigenvalue weighted by molar-refractivity contribution is -0.127. The highest BCUT2D eigenvalue weighted by molar-refractivity contribution is 7.13. The summed E-state index contributed by atoms with van der Waals surface area (Å²) in [6, 6.07) is 8.86. The molecule has 1 saturated heterocycles. The maximum absolute atomic E-state index is 11.4. The molecule has 2 heterocycles. The van der Waals surface area contributed by atoms with Crippen LogP contribution in [-0.2, 0) is 22.6 Å². The summed E-state index contributed by atoms with van der Waals surface area (Å²) in [7, 11) is 1.58. The Morgan fingerprint density at radius 3 is 2.48 bits per heavy atom. The third-order valence-electron chi connectivity index (χ3n) is 3.92.